The first-order valence-electron chi connectivity index (χ1n) is 5.45. The van der Waals surface area contributed by atoms with Crippen LogP contribution >= 0.6 is 0 Å². The van der Waals surface area contributed by atoms with Crippen LogP contribution in [-0.4, -0.2) is 25.8 Å². The van der Waals surface area contributed by atoms with Gasteiger partial charge in [-0.25, -0.2) is 9.59 Å². The number of aromatic nitrogens is 3. The summed E-state index contributed by atoms with van der Waals surface area (Å²) in [6.45, 7) is 0. The molecule has 0 aliphatic rings. The Hall–Kier alpha value is -2.83. The van der Waals surface area contributed by atoms with E-state index in [1.807, 2.05) is 0 Å². The fourth-order valence-corrected chi connectivity index (χ4v) is 2.03. The highest BCUT2D eigenvalue weighted by Gasteiger charge is 2.17. The number of carboxylic acid groups (broad SMARTS) is 1. The minimum Gasteiger partial charge on any atom is -0.478 e. The van der Waals surface area contributed by atoms with Crippen molar-refractivity contribution in [3.05, 3.63) is 40.5 Å². The molecule has 2 aromatic heterocycles. The molecular weight excluding hydrogens is 250 g/mol. The number of nitrogens with one attached hydrogen (secondary N) is 1. The Bertz CT molecular complexity index is 840. The van der Waals surface area contributed by atoms with Crippen molar-refractivity contribution in [2.24, 2.45) is 7.05 Å². The van der Waals surface area contributed by atoms with Gasteiger partial charge >= 0.3 is 11.7 Å². The van der Waals surface area contributed by atoms with Crippen molar-refractivity contribution >= 4 is 17.1 Å². The summed E-state index contributed by atoms with van der Waals surface area (Å²) in [6.07, 6.45) is 1.29. The van der Waals surface area contributed by atoms with E-state index in [1.165, 1.54) is 10.9 Å². The number of aromatic amines is 1. The van der Waals surface area contributed by atoms with E-state index in [9.17, 15) is 9.59 Å². The predicted octanol–water partition coefficient (Wildman–Crippen LogP) is 1.22. The van der Waals surface area contributed by atoms with E-state index in [0.29, 0.717) is 22.4 Å². The van der Waals surface area contributed by atoms with Crippen LogP contribution in [0, 0.1) is 0 Å². The number of rotatable bonds is 2. The molecule has 0 aliphatic carbocycles. The van der Waals surface area contributed by atoms with Crippen molar-refractivity contribution in [3.8, 4) is 11.3 Å². The van der Waals surface area contributed by atoms with Crippen molar-refractivity contribution < 1.29 is 14.3 Å². The summed E-state index contributed by atoms with van der Waals surface area (Å²) >= 11 is 0. The van der Waals surface area contributed by atoms with Crippen molar-refractivity contribution in [1.29, 1.82) is 0 Å². The monoisotopic (exact) mass is 259 g/mol. The number of carboxylic acids is 1. The Labute approximate surface area is 106 Å². The highest BCUT2D eigenvalue weighted by atomic mass is 16.4. The predicted molar refractivity (Wildman–Crippen MR) is 66.0 cm³/mol. The average molecular weight is 259 g/mol. The van der Waals surface area contributed by atoms with Crippen LogP contribution in [0.25, 0.3) is 22.4 Å². The molecule has 0 saturated heterocycles. The van der Waals surface area contributed by atoms with Gasteiger partial charge in [-0.05, 0) is 12.1 Å². The van der Waals surface area contributed by atoms with Crippen molar-refractivity contribution in [2.75, 3.05) is 0 Å². The second kappa shape index (κ2) is 3.84. The van der Waals surface area contributed by atoms with Gasteiger partial charge in [0.05, 0.1) is 17.4 Å². The smallest absolute Gasteiger partial charge is 0.417 e. The molecule has 3 aromatic rings. The topological polar surface area (TPSA) is 101 Å². The summed E-state index contributed by atoms with van der Waals surface area (Å²) in [5, 5.41) is 13.1. The van der Waals surface area contributed by atoms with Gasteiger partial charge in [-0.15, -0.1) is 0 Å². The van der Waals surface area contributed by atoms with Crippen LogP contribution in [0.3, 0.4) is 0 Å². The lowest BCUT2D eigenvalue weighted by Gasteiger charge is -2.03. The Morgan fingerprint density at radius 1 is 1.47 bits per heavy atom. The SMILES string of the molecule is Cn1ncc(C(=O)O)c1-c1ccc2[nH]c(=O)oc2c1. The number of hydrogen-bond acceptors (Lipinski definition) is 4. The lowest BCUT2D eigenvalue weighted by molar-refractivity contribution is 0.0697. The maximum Gasteiger partial charge on any atom is 0.417 e. The van der Waals surface area contributed by atoms with E-state index in [4.69, 9.17) is 9.52 Å². The second-order valence-corrected chi connectivity index (χ2v) is 4.06. The zero-order valence-corrected chi connectivity index (χ0v) is 9.88. The normalized spacial score (nSPS) is 11.0. The van der Waals surface area contributed by atoms with Gasteiger partial charge in [0.1, 0.15) is 5.56 Å². The van der Waals surface area contributed by atoms with Crippen LogP contribution in [0.5, 0.6) is 0 Å². The van der Waals surface area contributed by atoms with Gasteiger partial charge in [-0.2, -0.15) is 5.10 Å². The van der Waals surface area contributed by atoms with Gasteiger partial charge in [0, 0.05) is 12.6 Å². The first-order valence-corrected chi connectivity index (χ1v) is 5.45. The molecule has 19 heavy (non-hydrogen) atoms. The number of oxazole rings is 1. The molecule has 1 aromatic carbocycles. The average Bonchev–Trinajstić information content (AvgIpc) is 2.89. The maximum atomic E-state index is 11.1. The summed E-state index contributed by atoms with van der Waals surface area (Å²) in [7, 11) is 1.65. The molecule has 96 valence electrons. The minimum absolute atomic E-state index is 0.0970. The van der Waals surface area contributed by atoms with Crippen LogP contribution in [0.15, 0.2) is 33.6 Å². The van der Waals surface area contributed by atoms with Crippen LogP contribution in [0.1, 0.15) is 10.4 Å². The molecule has 3 rings (SSSR count). The summed E-state index contributed by atoms with van der Waals surface area (Å²) < 4.78 is 6.43. The second-order valence-electron chi connectivity index (χ2n) is 4.06. The molecule has 7 nitrogen and oxygen atoms in total. The number of aryl methyl sites for hydroxylation is 1. The third-order valence-electron chi connectivity index (χ3n) is 2.86. The molecule has 0 bridgehead atoms. The van der Waals surface area contributed by atoms with Gasteiger partial charge < -0.3 is 9.52 Å². The highest BCUT2D eigenvalue weighted by Crippen LogP contribution is 2.25. The lowest BCUT2D eigenvalue weighted by atomic mass is 10.1. The molecule has 0 spiro atoms. The molecular formula is C12H9N3O4. The third-order valence-corrected chi connectivity index (χ3v) is 2.86. The highest BCUT2D eigenvalue weighted by molar-refractivity contribution is 5.95. The zero-order chi connectivity index (χ0) is 13.6. The Morgan fingerprint density at radius 2 is 2.26 bits per heavy atom. The number of aromatic carboxylic acids is 1. The van der Waals surface area contributed by atoms with Crippen molar-refractivity contribution in [1.82, 2.24) is 14.8 Å². The number of benzene rings is 1. The summed E-state index contributed by atoms with van der Waals surface area (Å²) in [4.78, 5) is 24.8. The fraction of sp³-hybridized carbons (Fsp3) is 0.0833. The molecule has 0 fully saturated rings. The number of H-pyrrole nitrogens is 1. The molecule has 0 amide bonds. The maximum absolute atomic E-state index is 11.1. The standard InChI is InChI=1S/C12H9N3O4/c1-15-10(7(5-13-15)11(16)17)6-2-3-8-9(4-6)19-12(18)14-8/h2-5H,1H3,(H,14,18)(H,16,17). The lowest BCUT2D eigenvalue weighted by Crippen LogP contribution is -2.00. The molecule has 2 heterocycles. The van der Waals surface area contributed by atoms with E-state index in [-0.39, 0.29) is 5.56 Å². The molecule has 0 saturated carbocycles. The molecule has 0 radical (unpaired) electrons. The largest absolute Gasteiger partial charge is 0.478 e. The van der Waals surface area contributed by atoms with Crippen LogP contribution in [-0.2, 0) is 7.05 Å². The van der Waals surface area contributed by atoms with Gasteiger partial charge in [0.2, 0.25) is 0 Å². The summed E-state index contributed by atoms with van der Waals surface area (Å²) in [5.41, 5.74) is 2.11. The molecule has 0 atom stereocenters. The Morgan fingerprint density at radius 3 is 3.00 bits per heavy atom. The summed E-state index contributed by atoms with van der Waals surface area (Å²) in [5.74, 6) is -1.60. The van der Waals surface area contributed by atoms with E-state index in [1.54, 1.807) is 25.2 Å². The number of fused-ring (bicyclic) bond motifs is 1. The molecule has 7 heteroatoms. The minimum atomic E-state index is -1.06. The van der Waals surface area contributed by atoms with E-state index >= 15 is 0 Å². The van der Waals surface area contributed by atoms with Gasteiger partial charge in [-0.3, -0.25) is 9.67 Å². The van der Waals surface area contributed by atoms with Gasteiger partial charge in [-0.1, -0.05) is 6.07 Å². The van der Waals surface area contributed by atoms with Gasteiger partial charge in [0.15, 0.2) is 5.58 Å². The van der Waals surface area contributed by atoms with Gasteiger partial charge in [0.25, 0.3) is 0 Å². The summed E-state index contributed by atoms with van der Waals surface area (Å²) in [6, 6.07) is 4.97. The quantitative estimate of drug-likeness (QED) is 0.720. The molecule has 0 aliphatic heterocycles. The third kappa shape index (κ3) is 1.71. The number of nitrogens with zero attached hydrogens (tertiary/aromatic N) is 2. The zero-order valence-electron chi connectivity index (χ0n) is 9.88. The Balaban J connectivity index is 2.26. The van der Waals surface area contributed by atoms with Crippen LogP contribution < -0.4 is 5.76 Å². The van der Waals surface area contributed by atoms with E-state index in [2.05, 4.69) is 10.1 Å². The molecule has 2 N–H and O–H groups in total. The van der Waals surface area contributed by atoms with Crippen molar-refractivity contribution in [2.45, 2.75) is 0 Å². The van der Waals surface area contributed by atoms with Crippen LogP contribution in [0.4, 0.5) is 0 Å². The first kappa shape index (κ1) is 11.3. The Kier molecular flexibility index (Phi) is 2.28. The number of carbonyl (C=O) groups is 1. The first-order chi connectivity index (χ1) is 9.06. The van der Waals surface area contributed by atoms with E-state index in [0.717, 1.165) is 0 Å². The number of hydrogen-bond donors (Lipinski definition) is 2. The van der Waals surface area contributed by atoms with E-state index < -0.39 is 11.7 Å². The van der Waals surface area contributed by atoms with Crippen LogP contribution in [0.2, 0.25) is 0 Å². The van der Waals surface area contributed by atoms with Crippen molar-refractivity contribution in [3.63, 3.8) is 0 Å². The fourth-order valence-electron chi connectivity index (χ4n) is 2.03. The molecule has 0 unspecified atom stereocenters.